The van der Waals surface area contributed by atoms with Crippen molar-refractivity contribution < 1.29 is 13.9 Å². The van der Waals surface area contributed by atoms with Crippen molar-refractivity contribution in [1.82, 2.24) is 0 Å². The summed E-state index contributed by atoms with van der Waals surface area (Å²) in [6, 6.07) is 11.4. The number of rotatable bonds is 4. The minimum Gasteiger partial charge on any atom is -0.494 e. The Hall–Kier alpha value is -2.16. The van der Waals surface area contributed by atoms with Crippen molar-refractivity contribution in [3.8, 4) is 16.9 Å². The normalized spacial score (nSPS) is 10.1. The Morgan fingerprint density at radius 1 is 1.17 bits per heavy atom. The van der Waals surface area contributed by atoms with E-state index in [1.165, 1.54) is 18.2 Å². The molecule has 2 rings (SSSR count). The van der Waals surface area contributed by atoms with Crippen LogP contribution in [0.15, 0.2) is 42.5 Å². The van der Waals surface area contributed by atoms with Crippen molar-refractivity contribution in [2.75, 3.05) is 6.61 Å². The molecule has 2 aromatic rings. The highest BCUT2D eigenvalue weighted by Gasteiger charge is 2.06. The van der Waals surface area contributed by atoms with Gasteiger partial charge in [0.05, 0.1) is 6.61 Å². The number of benzene rings is 2. The summed E-state index contributed by atoms with van der Waals surface area (Å²) in [4.78, 5) is 10.9. The first-order valence-electron chi connectivity index (χ1n) is 5.72. The fraction of sp³-hybridized carbons (Fsp3) is 0.133. The van der Waals surface area contributed by atoms with Gasteiger partial charge in [0.15, 0.2) is 6.29 Å². The number of carbonyl (C=O) groups is 1. The van der Waals surface area contributed by atoms with E-state index < -0.39 is 0 Å². The maximum absolute atomic E-state index is 13.2. The van der Waals surface area contributed by atoms with Crippen molar-refractivity contribution in [2.24, 2.45) is 0 Å². The molecule has 0 aromatic heterocycles. The molecule has 0 atom stereocenters. The third-order valence-corrected chi connectivity index (χ3v) is 2.62. The van der Waals surface area contributed by atoms with E-state index in [0.29, 0.717) is 17.7 Å². The van der Waals surface area contributed by atoms with Gasteiger partial charge in [0.2, 0.25) is 0 Å². The predicted octanol–water partition coefficient (Wildman–Crippen LogP) is 3.70. The molecule has 0 aliphatic rings. The van der Waals surface area contributed by atoms with Gasteiger partial charge in [-0.25, -0.2) is 4.39 Å². The molecule has 18 heavy (non-hydrogen) atoms. The van der Waals surface area contributed by atoms with Crippen LogP contribution >= 0.6 is 0 Å². The van der Waals surface area contributed by atoms with Crippen LogP contribution in [0.25, 0.3) is 11.1 Å². The molecule has 0 bridgehead atoms. The van der Waals surface area contributed by atoms with E-state index in [1.54, 1.807) is 12.1 Å². The molecular weight excluding hydrogens is 231 g/mol. The number of hydrogen-bond acceptors (Lipinski definition) is 2. The average molecular weight is 244 g/mol. The van der Waals surface area contributed by atoms with E-state index in [0.717, 1.165) is 17.6 Å². The van der Waals surface area contributed by atoms with Gasteiger partial charge in [0.25, 0.3) is 0 Å². The summed E-state index contributed by atoms with van der Waals surface area (Å²) < 4.78 is 18.6. The summed E-state index contributed by atoms with van der Waals surface area (Å²) in [5.41, 5.74) is 1.86. The first-order valence-corrected chi connectivity index (χ1v) is 5.72. The molecule has 0 radical (unpaired) electrons. The van der Waals surface area contributed by atoms with Crippen LogP contribution in [0.1, 0.15) is 17.3 Å². The van der Waals surface area contributed by atoms with E-state index >= 15 is 0 Å². The van der Waals surface area contributed by atoms with E-state index in [2.05, 4.69) is 0 Å². The maximum atomic E-state index is 13.2. The smallest absolute Gasteiger partial charge is 0.150 e. The van der Waals surface area contributed by atoms with Gasteiger partial charge in [-0.15, -0.1) is 0 Å². The zero-order chi connectivity index (χ0) is 13.0. The Labute approximate surface area is 105 Å². The van der Waals surface area contributed by atoms with Gasteiger partial charge in [0, 0.05) is 5.56 Å². The number of ether oxygens (including phenoxy) is 1. The number of aldehydes is 1. The molecule has 0 fully saturated rings. The van der Waals surface area contributed by atoms with Gasteiger partial charge in [-0.3, -0.25) is 4.79 Å². The quantitative estimate of drug-likeness (QED) is 0.766. The van der Waals surface area contributed by atoms with Gasteiger partial charge in [-0.1, -0.05) is 12.1 Å². The van der Waals surface area contributed by atoms with Gasteiger partial charge < -0.3 is 4.74 Å². The van der Waals surface area contributed by atoms with E-state index in [-0.39, 0.29) is 5.82 Å². The van der Waals surface area contributed by atoms with Crippen LogP contribution in [0.5, 0.6) is 5.75 Å². The second-order valence-electron chi connectivity index (χ2n) is 3.81. The Kier molecular flexibility index (Phi) is 3.72. The fourth-order valence-electron chi connectivity index (χ4n) is 1.78. The van der Waals surface area contributed by atoms with Crippen LogP contribution in [0.4, 0.5) is 4.39 Å². The van der Waals surface area contributed by atoms with Crippen molar-refractivity contribution in [1.29, 1.82) is 0 Å². The summed E-state index contributed by atoms with van der Waals surface area (Å²) in [7, 11) is 0. The molecule has 0 N–H and O–H groups in total. The second kappa shape index (κ2) is 5.45. The zero-order valence-electron chi connectivity index (χ0n) is 10.0. The van der Waals surface area contributed by atoms with Crippen molar-refractivity contribution in [3.63, 3.8) is 0 Å². The molecule has 0 spiro atoms. The van der Waals surface area contributed by atoms with Crippen LogP contribution in [0.2, 0.25) is 0 Å². The van der Waals surface area contributed by atoms with Crippen molar-refractivity contribution in [3.05, 3.63) is 53.8 Å². The Balaban J connectivity index is 2.41. The topological polar surface area (TPSA) is 26.3 Å². The van der Waals surface area contributed by atoms with Crippen molar-refractivity contribution >= 4 is 6.29 Å². The number of halogens is 1. The number of carbonyl (C=O) groups excluding carboxylic acids is 1. The largest absolute Gasteiger partial charge is 0.494 e. The highest BCUT2D eigenvalue weighted by Crippen LogP contribution is 2.25. The summed E-state index contributed by atoms with van der Waals surface area (Å²) in [6.07, 6.45) is 0.727. The second-order valence-corrected chi connectivity index (χ2v) is 3.81. The molecule has 92 valence electrons. The lowest BCUT2D eigenvalue weighted by Gasteiger charge is -2.07. The van der Waals surface area contributed by atoms with Crippen LogP contribution < -0.4 is 4.74 Å². The minimum absolute atomic E-state index is 0.357. The molecule has 2 aromatic carbocycles. The lowest BCUT2D eigenvalue weighted by molar-refractivity contribution is 0.112. The molecular formula is C15H13FO2. The van der Waals surface area contributed by atoms with Crippen LogP contribution in [-0.2, 0) is 0 Å². The van der Waals surface area contributed by atoms with E-state index in [1.807, 2.05) is 19.1 Å². The number of hydrogen-bond donors (Lipinski definition) is 0. The standard InChI is InChI=1S/C15H13FO2/c1-2-18-14-7-4-11(5-8-14)15-9-13(16)6-3-12(15)10-17/h3-10H,2H2,1H3. The first kappa shape index (κ1) is 12.3. The van der Waals surface area contributed by atoms with E-state index in [4.69, 9.17) is 4.74 Å². The summed E-state index contributed by atoms with van der Waals surface area (Å²) in [6.45, 7) is 2.50. The third kappa shape index (κ3) is 2.56. The molecule has 0 amide bonds. The molecule has 0 heterocycles. The third-order valence-electron chi connectivity index (χ3n) is 2.62. The average Bonchev–Trinajstić information content (AvgIpc) is 2.40. The minimum atomic E-state index is -0.357. The Morgan fingerprint density at radius 3 is 2.50 bits per heavy atom. The molecule has 2 nitrogen and oxygen atoms in total. The maximum Gasteiger partial charge on any atom is 0.150 e. The summed E-state index contributed by atoms with van der Waals surface area (Å²) in [5, 5.41) is 0. The lowest BCUT2D eigenvalue weighted by Crippen LogP contribution is -1.92. The Morgan fingerprint density at radius 2 is 1.89 bits per heavy atom. The molecule has 0 aliphatic heterocycles. The molecule has 0 aliphatic carbocycles. The fourth-order valence-corrected chi connectivity index (χ4v) is 1.78. The molecule has 0 saturated carbocycles. The summed E-state index contributed by atoms with van der Waals surface area (Å²) >= 11 is 0. The summed E-state index contributed by atoms with van der Waals surface area (Å²) in [5.74, 6) is 0.398. The van der Waals surface area contributed by atoms with Crippen LogP contribution in [0.3, 0.4) is 0 Å². The van der Waals surface area contributed by atoms with Gasteiger partial charge in [-0.05, 0) is 48.4 Å². The first-order chi connectivity index (χ1) is 8.74. The Bertz CT molecular complexity index is 547. The highest BCUT2D eigenvalue weighted by molar-refractivity contribution is 5.87. The van der Waals surface area contributed by atoms with Crippen molar-refractivity contribution in [2.45, 2.75) is 6.92 Å². The lowest BCUT2D eigenvalue weighted by atomic mass is 10.0. The highest BCUT2D eigenvalue weighted by atomic mass is 19.1. The zero-order valence-corrected chi connectivity index (χ0v) is 10.0. The molecule has 3 heteroatoms. The monoisotopic (exact) mass is 244 g/mol. The van der Waals surface area contributed by atoms with Gasteiger partial charge in [-0.2, -0.15) is 0 Å². The predicted molar refractivity (Wildman–Crippen MR) is 68.4 cm³/mol. The molecule has 0 saturated heterocycles. The van der Waals surface area contributed by atoms with Crippen LogP contribution in [-0.4, -0.2) is 12.9 Å². The van der Waals surface area contributed by atoms with Crippen LogP contribution in [0, 0.1) is 5.82 Å². The van der Waals surface area contributed by atoms with Gasteiger partial charge in [0.1, 0.15) is 11.6 Å². The molecule has 0 unspecified atom stereocenters. The SMILES string of the molecule is CCOc1ccc(-c2cc(F)ccc2C=O)cc1. The van der Waals surface area contributed by atoms with E-state index in [9.17, 15) is 9.18 Å². The van der Waals surface area contributed by atoms with Gasteiger partial charge >= 0.3 is 0 Å².